The second kappa shape index (κ2) is 11.5. The number of carbonyl (C=O) groups excluding carboxylic acids is 2. The Labute approximate surface area is 193 Å². The molecular weight excluding hydrogens is 475 g/mol. The number of nitro groups is 1. The van der Waals surface area contributed by atoms with E-state index < -0.39 is 71.6 Å². The van der Waals surface area contributed by atoms with Crippen molar-refractivity contribution in [3.05, 3.63) is 63.7 Å². The normalized spacial score (nSPS) is 14.3. The third kappa shape index (κ3) is 6.91. The van der Waals surface area contributed by atoms with Crippen LogP contribution in [0, 0.1) is 10.1 Å². The van der Waals surface area contributed by atoms with E-state index in [1.165, 1.54) is 0 Å². The number of phenolic OH excluding ortho intramolecular Hbond substituents is 2. The molecule has 14 heteroatoms. The molecule has 0 heterocycles. The molecule has 0 fully saturated rings. The van der Waals surface area contributed by atoms with Gasteiger partial charge in [0.1, 0.15) is 12.6 Å². The monoisotopic (exact) mass is 498 g/mol. The number of alkyl carbamates (subject to hydrolysis) is 1. The van der Waals surface area contributed by atoms with Gasteiger partial charge in [-0.2, -0.15) is 0 Å². The molecule has 0 saturated heterocycles. The number of amides is 1. The Morgan fingerprint density at radius 1 is 1.21 bits per heavy atom. The van der Waals surface area contributed by atoms with Gasteiger partial charge in [0.2, 0.25) is 13.1 Å². The van der Waals surface area contributed by atoms with Gasteiger partial charge in [-0.1, -0.05) is 30.3 Å². The van der Waals surface area contributed by atoms with Crippen LogP contribution in [0.4, 0.5) is 10.5 Å². The zero-order chi connectivity index (χ0) is 25.5. The number of nitrogens with one attached hydrogen (secondary N) is 1. The fourth-order valence-corrected chi connectivity index (χ4v) is 4.37. The van der Waals surface area contributed by atoms with Gasteiger partial charge in [-0.05, 0) is 18.1 Å². The zero-order valence-corrected chi connectivity index (χ0v) is 18.8. The van der Waals surface area contributed by atoms with Crippen LogP contribution in [0.2, 0.25) is 0 Å². The van der Waals surface area contributed by atoms with E-state index in [1.807, 2.05) is 0 Å². The number of carbonyl (C=O) groups is 2. The van der Waals surface area contributed by atoms with Crippen LogP contribution in [-0.4, -0.2) is 56.5 Å². The van der Waals surface area contributed by atoms with Crippen molar-refractivity contribution in [2.75, 3.05) is 13.3 Å². The maximum Gasteiger partial charge on any atom is 0.408 e. The molecule has 2 rings (SSSR count). The number of rotatable bonds is 10. The zero-order valence-electron chi connectivity index (χ0n) is 17.9. The number of benzene rings is 2. The first-order valence-electron chi connectivity index (χ1n) is 9.71. The molecule has 2 unspecified atom stereocenters. The minimum Gasteiger partial charge on any atom is -0.504 e. The second-order valence-corrected chi connectivity index (χ2v) is 9.54. The number of aliphatic hydroxyl groups is 1. The number of aromatic hydroxyl groups is 2. The van der Waals surface area contributed by atoms with E-state index in [2.05, 4.69) is 10.1 Å². The summed E-state index contributed by atoms with van der Waals surface area (Å²) in [5.41, 5.74) is -0.802. The maximum absolute atomic E-state index is 12.7. The number of esters is 1. The summed E-state index contributed by atoms with van der Waals surface area (Å²) in [5.74, 6) is -5.18. The molecule has 13 nitrogen and oxygen atoms in total. The molecule has 5 N–H and O–H groups in total. The lowest BCUT2D eigenvalue weighted by Crippen LogP contribution is -2.42. The summed E-state index contributed by atoms with van der Waals surface area (Å²) < 4.78 is 22.3. The van der Waals surface area contributed by atoms with E-state index in [4.69, 9.17) is 4.74 Å². The summed E-state index contributed by atoms with van der Waals surface area (Å²) in [5, 5.41) is 42.7. The van der Waals surface area contributed by atoms with Crippen molar-refractivity contribution in [3.63, 3.8) is 0 Å². The van der Waals surface area contributed by atoms with Crippen molar-refractivity contribution in [1.29, 1.82) is 0 Å². The average molecular weight is 498 g/mol. The lowest BCUT2D eigenvalue weighted by Gasteiger charge is -2.22. The molecule has 0 aliphatic carbocycles. The summed E-state index contributed by atoms with van der Waals surface area (Å²) in [7, 11) is -3.52. The molecule has 0 saturated carbocycles. The van der Waals surface area contributed by atoms with Crippen LogP contribution in [0.15, 0.2) is 42.5 Å². The van der Waals surface area contributed by atoms with Crippen molar-refractivity contribution in [1.82, 2.24) is 5.32 Å². The fraction of sp³-hybridized carbons (Fsp3) is 0.300. The van der Waals surface area contributed by atoms with Crippen molar-refractivity contribution < 1.29 is 48.8 Å². The van der Waals surface area contributed by atoms with E-state index >= 15 is 0 Å². The number of methoxy groups -OCH3 is 1. The summed E-state index contributed by atoms with van der Waals surface area (Å²) in [6, 6.07) is 8.60. The smallest absolute Gasteiger partial charge is 0.408 e. The molecule has 0 aliphatic heterocycles. The summed E-state index contributed by atoms with van der Waals surface area (Å²) in [6.45, 7) is -0.0963. The van der Waals surface area contributed by atoms with Gasteiger partial charge in [0.15, 0.2) is 11.6 Å². The molecule has 0 spiro atoms. The van der Waals surface area contributed by atoms with Crippen molar-refractivity contribution in [2.24, 2.45) is 0 Å². The molecule has 1 amide bonds. The quantitative estimate of drug-likeness (QED) is 0.105. The Morgan fingerprint density at radius 3 is 2.44 bits per heavy atom. The highest BCUT2D eigenvalue weighted by atomic mass is 31.2. The van der Waals surface area contributed by atoms with E-state index in [0.29, 0.717) is 17.7 Å². The van der Waals surface area contributed by atoms with Crippen molar-refractivity contribution in [2.45, 2.75) is 24.9 Å². The number of hydrogen-bond acceptors (Lipinski definition) is 10. The Hall–Kier alpha value is -3.67. The lowest BCUT2D eigenvalue weighted by molar-refractivity contribution is -0.386. The van der Waals surface area contributed by atoms with Crippen LogP contribution in [-0.2, 0) is 25.4 Å². The van der Waals surface area contributed by atoms with Crippen molar-refractivity contribution >= 4 is 25.1 Å². The third-order valence-corrected chi connectivity index (χ3v) is 6.66. The highest BCUT2D eigenvalue weighted by molar-refractivity contribution is 7.58. The third-order valence-electron chi connectivity index (χ3n) is 4.70. The molecule has 0 bridgehead atoms. The SMILES string of the molecule is COC(=O)[C@H](CCP(=O)(O)C(O)c1cc(O)c(O)c([N+](=O)[O-])c1)NC(=O)OCc1ccccc1. The predicted octanol–water partition coefficient (Wildman–Crippen LogP) is 2.13. The maximum atomic E-state index is 12.7. The van der Waals surface area contributed by atoms with Gasteiger partial charge in [0.25, 0.3) is 0 Å². The van der Waals surface area contributed by atoms with Crippen molar-refractivity contribution in [3.8, 4) is 11.5 Å². The number of nitrogens with zero attached hydrogens (tertiary/aromatic N) is 1. The predicted molar refractivity (Wildman–Crippen MR) is 116 cm³/mol. The Morgan fingerprint density at radius 2 is 1.85 bits per heavy atom. The minimum absolute atomic E-state index is 0.0963. The van der Waals surface area contributed by atoms with Crippen LogP contribution in [0.25, 0.3) is 0 Å². The first-order chi connectivity index (χ1) is 16.0. The number of ether oxygens (including phenoxy) is 2. The molecule has 0 aliphatic rings. The first kappa shape index (κ1) is 26.6. The number of phenols is 2. The van der Waals surface area contributed by atoms with Crippen LogP contribution < -0.4 is 5.32 Å². The molecule has 184 valence electrons. The van der Waals surface area contributed by atoms with E-state index in [-0.39, 0.29) is 6.61 Å². The molecular formula is C20H23N2O11P. The van der Waals surface area contributed by atoms with Gasteiger partial charge < -0.3 is 35.0 Å². The average Bonchev–Trinajstić information content (AvgIpc) is 2.81. The standard InChI is InChI=1S/C20H23N2O11P/c1-32-18(25)14(21-20(27)33-11-12-5-3-2-4-6-12)7-8-34(30,31)19(26)13-9-15(22(28)29)17(24)16(23)10-13/h2-6,9-10,14,19,23-24,26H,7-8,11H2,1H3,(H,21,27)(H,30,31)/t14-,19?/m0/s1. The Kier molecular flexibility index (Phi) is 8.96. The fourth-order valence-electron chi connectivity index (χ4n) is 2.88. The van der Waals surface area contributed by atoms with Gasteiger partial charge in [0.05, 0.1) is 12.0 Å². The molecule has 2 aromatic carbocycles. The Bertz CT molecular complexity index is 1090. The summed E-state index contributed by atoms with van der Waals surface area (Å²) >= 11 is 0. The summed E-state index contributed by atoms with van der Waals surface area (Å²) in [4.78, 5) is 44.3. The van der Waals surface area contributed by atoms with E-state index in [0.717, 1.165) is 7.11 Å². The number of nitro benzene ring substituents is 1. The van der Waals surface area contributed by atoms with Crippen LogP contribution >= 0.6 is 7.37 Å². The van der Waals surface area contributed by atoms with Crippen LogP contribution in [0.1, 0.15) is 23.4 Å². The van der Waals surface area contributed by atoms with Crippen LogP contribution in [0.5, 0.6) is 11.5 Å². The minimum atomic E-state index is -4.56. The van der Waals surface area contributed by atoms with Gasteiger partial charge in [0, 0.05) is 17.8 Å². The molecule has 0 aromatic heterocycles. The summed E-state index contributed by atoms with van der Waals surface area (Å²) in [6.07, 6.45) is -2.17. The van der Waals surface area contributed by atoms with Gasteiger partial charge in [-0.25, -0.2) is 9.59 Å². The highest BCUT2D eigenvalue weighted by Gasteiger charge is 2.35. The topological polar surface area (TPSA) is 206 Å². The molecule has 2 aromatic rings. The lowest BCUT2D eigenvalue weighted by atomic mass is 10.2. The molecule has 0 radical (unpaired) electrons. The highest BCUT2D eigenvalue weighted by Crippen LogP contribution is 2.56. The van der Waals surface area contributed by atoms with Gasteiger partial charge in [-0.15, -0.1) is 0 Å². The Balaban J connectivity index is 2.08. The van der Waals surface area contributed by atoms with Gasteiger partial charge >= 0.3 is 17.7 Å². The van der Waals surface area contributed by atoms with E-state index in [9.17, 15) is 44.5 Å². The second-order valence-electron chi connectivity index (χ2n) is 7.09. The molecule has 3 atom stereocenters. The van der Waals surface area contributed by atoms with E-state index in [1.54, 1.807) is 30.3 Å². The largest absolute Gasteiger partial charge is 0.504 e. The first-order valence-corrected chi connectivity index (χ1v) is 11.6. The number of aliphatic hydroxyl groups excluding tert-OH is 1. The van der Waals surface area contributed by atoms with Gasteiger partial charge in [-0.3, -0.25) is 14.7 Å². The molecule has 34 heavy (non-hydrogen) atoms. The van der Waals surface area contributed by atoms with Crippen LogP contribution in [0.3, 0.4) is 0 Å². The number of hydrogen-bond donors (Lipinski definition) is 5.